The molecule has 3 aromatic rings. The Morgan fingerprint density at radius 3 is 2.03 bits per heavy atom. The van der Waals surface area contributed by atoms with E-state index in [1.165, 1.54) is 18.9 Å². The van der Waals surface area contributed by atoms with E-state index in [4.69, 9.17) is 9.84 Å². The molecule has 2 aliphatic rings. The number of esters is 1. The smallest absolute Gasteiger partial charge is 0.365 e. The number of nitrogens with zero attached hydrogens (tertiary/aromatic N) is 4. The number of carbonyl (C=O) groups excluding carboxylic acids is 1. The van der Waals surface area contributed by atoms with Crippen LogP contribution in [0.25, 0.3) is 0 Å². The van der Waals surface area contributed by atoms with E-state index >= 15 is 0 Å². The molecule has 0 bridgehead atoms. The van der Waals surface area contributed by atoms with Crippen LogP contribution in [0.2, 0.25) is 0 Å². The van der Waals surface area contributed by atoms with Crippen LogP contribution in [0.3, 0.4) is 0 Å². The van der Waals surface area contributed by atoms with Gasteiger partial charge >= 0.3 is 5.97 Å². The van der Waals surface area contributed by atoms with Gasteiger partial charge in [0.1, 0.15) is 0 Å². The number of hydrogen-bond acceptors (Lipinski definition) is 7. The number of benzene rings is 3. The number of rotatable bonds is 4. The van der Waals surface area contributed by atoms with Gasteiger partial charge in [0.25, 0.3) is 0 Å². The van der Waals surface area contributed by atoms with Crippen LogP contribution < -0.4 is 10.0 Å². The highest BCUT2D eigenvalue weighted by molar-refractivity contribution is 9.10. The average Bonchev–Trinajstić information content (AvgIpc) is 3.25. The topological polar surface area (TPSA) is 57.5 Å². The quantitative estimate of drug-likeness (QED) is 0.419. The summed E-state index contributed by atoms with van der Waals surface area (Å²) in [5.41, 5.74) is 3.48. The molecule has 8 heteroatoms. The predicted octanol–water partition coefficient (Wildman–Crippen LogP) is 5.62. The third kappa shape index (κ3) is 3.96. The fourth-order valence-corrected chi connectivity index (χ4v) is 5.08. The van der Waals surface area contributed by atoms with Crippen LogP contribution in [0.1, 0.15) is 5.56 Å². The first kappa shape index (κ1) is 21.5. The Balaban J connectivity index is 1.66. The Hall–Kier alpha value is -3.36. The van der Waals surface area contributed by atoms with Gasteiger partial charge in [-0.05, 0) is 60.3 Å². The molecule has 0 fully saturated rings. The van der Waals surface area contributed by atoms with Crippen molar-refractivity contribution in [3.63, 3.8) is 0 Å². The number of thioether (sulfide) groups is 1. The van der Waals surface area contributed by atoms with Crippen molar-refractivity contribution < 1.29 is 9.53 Å². The zero-order chi connectivity index (χ0) is 22.8. The second kappa shape index (κ2) is 8.88. The molecule has 0 saturated carbocycles. The summed E-state index contributed by atoms with van der Waals surface area (Å²) in [4.78, 5) is 11.6. The van der Waals surface area contributed by atoms with Crippen LogP contribution in [0.15, 0.2) is 112 Å². The van der Waals surface area contributed by atoms with Crippen molar-refractivity contribution in [3.05, 3.63) is 107 Å². The molecule has 0 aliphatic carbocycles. The normalized spacial score (nSPS) is 19.5. The molecular formula is C25H19BrN4O2S. The van der Waals surface area contributed by atoms with E-state index in [1.807, 2.05) is 107 Å². The minimum atomic E-state index is -0.926. The van der Waals surface area contributed by atoms with Crippen LogP contribution in [0, 0.1) is 0 Å². The van der Waals surface area contributed by atoms with Crippen molar-refractivity contribution >= 4 is 55.8 Å². The van der Waals surface area contributed by atoms with Crippen LogP contribution in [-0.4, -0.2) is 28.8 Å². The number of carbonyl (C=O) groups is 1. The Labute approximate surface area is 204 Å². The number of halogens is 1. The van der Waals surface area contributed by atoms with Gasteiger partial charge in [0.05, 0.1) is 24.2 Å². The SMILES string of the molecule is COC(=O)C1=NN(c2ccccc2)C2(C=CC(c3ccc(Br)cc3)=NN2c2ccccc2)S1. The molecule has 164 valence electrons. The maximum absolute atomic E-state index is 12.5. The monoisotopic (exact) mass is 518 g/mol. The molecular weight excluding hydrogens is 500 g/mol. The summed E-state index contributed by atoms with van der Waals surface area (Å²) < 4.78 is 6.00. The van der Waals surface area contributed by atoms with Gasteiger partial charge in [-0.15, -0.1) is 0 Å². The molecule has 6 nitrogen and oxygen atoms in total. The average molecular weight is 519 g/mol. The van der Waals surface area contributed by atoms with Gasteiger partial charge in [-0.3, -0.25) is 0 Å². The number of allylic oxidation sites excluding steroid dienone is 1. The van der Waals surface area contributed by atoms with Gasteiger partial charge < -0.3 is 4.74 Å². The highest BCUT2D eigenvalue weighted by Gasteiger charge is 2.51. The number of anilines is 2. The number of methoxy groups -OCH3 is 1. The number of hydrazone groups is 2. The third-order valence-electron chi connectivity index (χ3n) is 5.21. The standard InChI is InChI=1S/C25H19BrN4O2S/c1-32-24(31)23-28-30(21-10-6-3-7-11-21)25(33-23)17-16-22(18-12-14-19(26)15-13-18)27-29(25)20-8-4-2-5-9-20/h2-17H,1H3. The van der Waals surface area contributed by atoms with Crippen LogP contribution in [-0.2, 0) is 9.53 Å². The van der Waals surface area contributed by atoms with Crippen LogP contribution in [0.4, 0.5) is 11.4 Å². The minimum absolute atomic E-state index is 0.259. The highest BCUT2D eigenvalue weighted by Crippen LogP contribution is 2.47. The van der Waals surface area contributed by atoms with Gasteiger partial charge in [-0.25, -0.2) is 14.8 Å². The first-order valence-corrected chi connectivity index (χ1v) is 11.8. The van der Waals surface area contributed by atoms with E-state index in [0.29, 0.717) is 0 Å². The van der Waals surface area contributed by atoms with Gasteiger partial charge in [0.2, 0.25) is 10.0 Å². The molecule has 0 N–H and O–H groups in total. The van der Waals surface area contributed by atoms with E-state index in [2.05, 4.69) is 21.0 Å². The Bertz CT molecular complexity index is 1260. The summed E-state index contributed by atoms with van der Waals surface area (Å²) in [7, 11) is 1.36. The summed E-state index contributed by atoms with van der Waals surface area (Å²) >= 11 is 4.79. The molecule has 5 rings (SSSR count). The molecule has 0 amide bonds. The van der Waals surface area contributed by atoms with Crippen molar-refractivity contribution in [1.82, 2.24) is 0 Å². The Kier molecular flexibility index (Phi) is 5.78. The van der Waals surface area contributed by atoms with Crippen molar-refractivity contribution in [3.8, 4) is 0 Å². The van der Waals surface area contributed by atoms with Crippen molar-refractivity contribution in [2.24, 2.45) is 10.2 Å². The summed E-state index contributed by atoms with van der Waals surface area (Å²) in [5.74, 6) is -0.484. The first-order valence-electron chi connectivity index (χ1n) is 10.2. The second-order valence-electron chi connectivity index (χ2n) is 7.28. The third-order valence-corrected chi connectivity index (χ3v) is 6.96. The lowest BCUT2D eigenvalue weighted by Crippen LogP contribution is -2.53. The van der Waals surface area contributed by atoms with E-state index in [-0.39, 0.29) is 5.04 Å². The molecule has 0 saturated heterocycles. The van der Waals surface area contributed by atoms with Gasteiger partial charge in [0.15, 0.2) is 0 Å². The van der Waals surface area contributed by atoms with Crippen molar-refractivity contribution in [2.75, 3.05) is 17.1 Å². The predicted molar refractivity (Wildman–Crippen MR) is 137 cm³/mol. The van der Waals surface area contributed by atoms with Gasteiger partial charge in [0, 0.05) is 10.0 Å². The fraction of sp³-hybridized carbons (Fsp3) is 0.0800. The molecule has 3 aromatic carbocycles. The molecule has 1 atom stereocenters. The summed E-state index contributed by atoms with van der Waals surface area (Å²) in [6, 6.07) is 27.6. The Morgan fingerprint density at radius 2 is 1.45 bits per heavy atom. The van der Waals surface area contributed by atoms with Gasteiger partial charge in [-0.1, -0.05) is 64.5 Å². The molecule has 2 aliphatic heterocycles. The maximum Gasteiger partial charge on any atom is 0.365 e. The van der Waals surface area contributed by atoms with E-state index < -0.39 is 11.0 Å². The number of hydrogen-bond donors (Lipinski definition) is 0. The van der Waals surface area contributed by atoms with Crippen molar-refractivity contribution in [2.45, 2.75) is 4.99 Å². The lowest BCUT2D eigenvalue weighted by Gasteiger charge is -2.43. The molecule has 33 heavy (non-hydrogen) atoms. The van der Waals surface area contributed by atoms with E-state index in [9.17, 15) is 4.79 Å². The van der Waals surface area contributed by atoms with Crippen LogP contribution in [0.5, 0.6) is 0 Å². The van der Waals surface area contributed by atoms with E-state index in [1.54, 1.807) is 0 Å². The van der Waals surface area contributed by atoms with Crippen molar-refractivity contribution in [1.29, 1.82) is 0 Å². The second-order valence-corrected chi connectivity index (χ2v) is 9.38. The number of ether oxygens (including phenoxy) is 1. The van der Waals surface area contributed by atoms with E-state index in [0.717, 1.165) is 27.1 Å². The minimum Gasteiger partial charge on any atom is -0.464 e. The lowest BCUT2D eigenvalue weighted by atomic mass is 10.1. The highest BCUT2D eigenvalue weighted by atomic mass is 79.9. The fourth-order valence-electron chi connectivity index (χ4n) is 3.64. The molecule has 1 spiro atoms. The molecule has 0 aromatic heterocycles. The molecule has 0 radical (unpaired) electrons. The Morgan fingerprint density at radius 1 is 0.879 bits per heavy atom. The lowest BCUT2D eigenvalue weighted by molar-refractivity contribution is -0.132. The summed E-state index contributed by atoms with van der Waals surface area (Å²) in [6.07, 6.45) is 4.00. The number of para-hydroxylation sites is 2. The molecule has 1 unspecified atom stereocenters. The summed E-state index contributed by atoms with van der Waals surface area (Å²) in [5, 5.41) is 13.7. The largest absolute Gasteiger partial charge is 0.464 e. The molecule has 2 heterocycles. The van der Waals surface area contributed by atoms with Crippen LogP contribution >= 0.6 is 27.7 Å². The van der Waals surface area contributed by atoms with Gasteiger partial charge in [-0.2, -0.15) is 10.2 Å². The zero-order valence-electron chi connectivity index (χ0n) is 17.6. The summed E-state index contributed by atoms with van der Waals surface area (Å²) in [6.45, 7) is 0. The zero-order valence-corrected chi connectivity index (χ0v) is 20.0. The maximum atomic E-state index is 12.5. The first-order chi connectivity index (χ1) is 16.1.